The fourth-order valence-electron chi connectivity index (χ4n) is 6.30. The van der Waals surface area contributed by atoms with E-state index in [1.54, 1.807) is 0 Å². The zero-order valence-corrected chi connectivity index (χ0v) is 16.2. The van der Waals surface area contributed by atoms with Crippen molar-refractivity contribution in [3.8, 4) is 0 Å². The molecule has 0 spiro atoms. The molecular formula is C21H39N3O. The zero-order chi connectivity index (χ0) is 17.2. The van der Waals surface area contributed by atoms with Gasteiger partial charge in [-0.3, -0.25) is 10.2 Å². The SMILES string of the molecule is CCC1CCC(N2CCC(N3C(O)NC[C@H]4CCCC[C@@H]43)CC2)CC1. The Kier molecular flexibility index (Phi) is 6.01. The predicted octanol–water partition coefficient (Wildman–Crippen LogP) is 3.16. The number of aliphatic hydroxyl groups is 1. The van der Waals surface area contributed by atoms with Gasteiger partial charge < -0.3 is 10.0 Å². The van der Waals surface area contributed by atoms with Crippen LogP contribution in [0, 0.1) is 11.8 Å². The largest absolute Gasteiger partial charge is 0.365 e. The molecule has 2 N–H and O–H groups in total. The summed E-state index contributed by atoms with van der Waals surface area (Å²) in [5.41, 5.74) is 0. The van der Waals surface area contributed by atoms with Crippen LogP contribution in [0.5, 0.6) is 0 Å². The first-order valence-electron chi connectivity index (χ1n) is 11.2. The van der Waals surface area contributed by atoms with Gasteiger partial charge in [0.05, 0.1) is 0 Å². The van der Waals surface area contributed by atoms with Gasteiger partial charge in [0.25, 0.3) is 0 Å². The van der Waals surface area contributed by atoms with Gasteiger partial charge in [-0.05, 0) is 76.3 Å². The van der Waals surface area contributed by atoms with E-state index in [1.807, 2.05) is 0 Å². The summed E-state index contributed by atoms with van der Waals surface area (Å²) in [7, 11) is 0. The fourth-order valence-corrected chi connectivity index (χ4v) is 6.30. The molecule has 2 saturated heterocycles. The molecule has 144 valence electrons. The summed E-state index contributed by atoms with van der Waals surface area (Å²) in [4.78, 5) is 5.27. The van der Waals surface area contributed by atoms with Crippen LogP contribution in [0.15, 0.2) is 0 Å². The molecule has 0 bridgehead atoms. The lowest BCUT2D eigenvalue weighted by molar-refractivity contribution is -0.134. The average molecular weight is 350 g/mol. The van der Waals surface area contributed by atoms with E-state index < -0.39 is 6.35 Å². The number of nitrogens with zero attached hydrogens (tertiary/aromatic N) is 2. The maximum Gasteiger partial charge on any atom is 0.163 e. The lowest BCUT2D eigenvalue weighted by Gasteiger charge is -2.52. The number of fused-ring (bicyclic) bond motifs is 1. The van der Waals surface area contributed by atoms with Crippen molar-refractivity contribution < 1.29 is 5.11 Å². The van der Waals surface area contributed by atoms with E-state index in [4.69, 9.17) is 0 Å². The normalized spacial score (nSPS) is 42.2. The molecule has 3 atom stereocenters. The third-order valence-corrected chi connectivity index (χ3v) is 7.93. The number of rotatable bonds is 3. The van der Waals surface area contributed by atoms with Gasteiger partial charge in [0.15, 0.2) is 6.35 Å². The highest BCUT2D eigenvalue weighted by molar-refractivity contribution is 4.95. The van der Waals surface area contributed by atoms with E-state index >= 15 is 0 Å². The van der Waals surface area contributed by atoms with E-state index in [-0.39, 0.29) is 0 Å². The van der Waals surface area contributed by atoms with Crippen LogP contribution in [-0.2, 0) is 0 Å². The van der Waals surface area contributed by atoms with Crippen LogP contribution in [0.1, 0.15) is 77.6 Å². The van der Waals surface area contributed by atoms with Crippen molar-refractivity contribution in [3.63, 3.8) is 0 Å². The van der Waals surface area contributed by atoms with Crippen molar-refractivity contribution in [1.29, 1.82) is 0 Å². The molecule has 0 aromatic rings. The molecule has 2 aliphatic heterocycles. The smallest absolute Gasteiger partial charge is 0.163 e. The van der Waals surface area contributed by atoms with E-state index in [1.165, 1.54) is 83.7 Å². The highest BCUT2D eigenvalue weighted by Crippen LogP contribution is 2.36. The molecule has 4 aliphatic rings. The van der Waals surface area contributed by atoms with E-state index in [9.17, 15) is 5.11 Å². The Bertz CT molecular complexity index is 415. The highest BCUT2D eigenvalue weighted by Gasteiger charge is 2.42. The van der Waals surface area contributed by atoms with Gasteiger partial charge in [0, 0.05) is 24.7 Å². The third kappa shape index (κ3) is 3.92. The molecule has 0 aromatic heterocycles. The summed E-state index contributed by atoms with van der Waals surface area (Å²) in [5, 5.41) is 14.0. The third-order valence-electron chi connectivity index (χ3n) is 7.93. The second kappa shape index (κ2) is 8.24. The summed E-state index contributed by atoms with van der Waals surface area (Å²) in [6.45, 7) is 5.86. The standard InChI is InChI=1S/C21H39N3O/c1-2-16-7-9-18(10-8-16)23-13-11-19(12-14-23)24-20-6-4-3-5-17(20)15-22-21(24)25/h16-22,25H,2-15H2,1H3/t16?,17-,18?,20+,21?/m1/s1. The molecule has 25 heavy (non-hydrogen) atoms. The summed E-state index contributed by atoms with van der Waals surface area (Å²) in [6.07, 6.45) is 14.6. The van der Waals surface area contributed by atoms with Crippen LogP contribution < -0.4 is 5.32 Å². The van der Waals surface area contributed by atoms with Crippen molar-refractivity contribution in [3.05, 3.63) is 0 Å². The van der Waals surface area contributed by atoms with Gasteiger partial charge in [-0.15, -0.1) is 0 Å². The van der Waals surface area contributed by atoms with Crippen LogP contribution in [0.25, 0.3) is 0 Å². The van der Waals surface area contributed by atoms with Crippen molar-refractivity contribution in [2.75, 3.05) is 19.6 Å². The Morgan fingerprint density at radius 2 is 1.60 bits per heavy atom. The molecular weight excluding hydrogens is 310 g/mol. The summed E-state index contributed by atoms with van der Waals surface area (Å²) < 4.78 is 0. The Morgan fingerprint density at radius 1 is 0.880 bits per heavy atom. The second-order valence-electron chi connectivity index (χ2n) is 9.19. The van der Waals surface area contributed by atoms with Crippen LogP contribution >= 0.6 is 0 Å². The van der Waals surface area contributed by atoms with Crippen LogP contribution in [0.4, 0.5) is 0 Å². The first-order chi connectivity index (χ1) is 12.3. The summed E-state index contributed by atoms with van der Waals surface area (Å²) >= 11 is 0. The molecule has 4 nitrogen and oxygen atoms in total. The Hall–Kier alpha value is -0.160. The van der Waals surface area contributed by atoms with Gasteiger partial charge in [0.1, 0.15) is 0 Å². The molecule has 4 rings (SSSR count). The Morgan fingerprint density at radius 3 is 2.32 bits per heavy atom. The molecule has 0 radical (unpaired) electrons. The van der Waals surface area contributed by atoms with Crippen LogP contribution in [0.2, 0.25) is 0 Å². The van der Waals surface area contributed by atoms with Crippen LogP contribution in [0.3, 0.4) is 0 Å². The van der Waals surface area contributed by atoms with Gasteiger partial charge >= 0.3 is 0 Å². The number of hydrogen-bond donors (Lipinski definition) is 2. The first-order valence-corrected chi connectivity index (χ1v) is 11.2. The fraction of sp³-hybridized carbons (Fsp3) is 1.00. The minimum absolute atomic E-state index is 0.407. The molecule has 0 amide bonds. The zero-order valence-electron chi connectivity index (χ0n) is 16.2. The second-order valence-corrected chi connectivity index (χ2v) is 9.19. The number of nitrogens with one attached hydrogen (secondary N) is 1. The van der Waals surface area contributed by atoms with E-state index in [2.05, 4.69) is 22.0 Å². The monoisotopic (exact) mass is 349 g/mol. The van der Waals surface area contributed by atoms with Gasteiger partial charge in [-0.25, -0.2) is 0 Å². The summed E-state index contributed by atoms with van der Waals surface area (Å²) in [6, 6.07) is 2.05. The Balaban J connectivity index is 1.32. The molecule has 2 heterocycles. The maximum absolute atomic E-state index is 10.6. The molecule has 0 aromatic carbocycles. The number of piperidine rings is 1. The predicted molar refractivity (Wildman–Crippen MR) is 102 cm³/mol. The first kappa shape index (κ1) is 18.2. The minimum Gasteiger partial charge on any atom is -0.365 e. The molecule has 1 unspecified atom stereocenters. The van der Waals surface area contributed by atoms with E-state index in [0.717, 1.165) is 24.4 Å². The van der Waals surface area contributed by atoms with E-state index in [0.29, 0.717) is 12.1 Å². The molecule has 4 fully saturated rings. The van der Waals surface area contributed by atoms with Crippen molar-refractivity contribution >= 4 is 0 Å². The number of hydrogen-bond acceptors (Lipinski definition) is 4. The minimum atomic E-state index is -0.407. The number of likely N-dealkylation sites (tertiary alicyclic amines) is 1. The van der Waals surface area contributed by atoms with Crippen molar-refractivity contribution in [2.45, 2.75) is 102 Å². The van der Waals surface area contributed by atoms with Gasteiger partial charge in [-0.1, -0.05) is 26.2 Å². The number of aliphatic hydroxyl groups excluding tert-OH is 1. The lowest BCUT2D eigenvalue weighted by Crippen LogP contribution is -2.65. The van der Waals surface area contributed by atoms with Gasteiger partial charge in [-0.2, -0.15) is 0 Å². The highest BCUT2D eigenvalue weighted by atomic mass is 16.3. The molecule has 4 heteroatoms. The lowest BCUT2D eigenvalue weighted by atomic mass is 9.80. The van der Waals surface area contributed by atoms with Gasteiger partial charge in [0.2, 0.25) is 0 Å². The van der Waals surface area contributed by atoms with Crippen molar-refractivity contribution in [1.82, 2.24) is 15.1 Å². The average Bonchev–Trinajstić information content (AvgIpc) is 2.68. The topological polar surface area (TPSA) is 38.7 Å². The summed E-state index contributed by atoms with van der Waals surface area (Å²) in [5.74, 6) is 1.76. The Labute approximate surface area is 154 Å². The van der Waals surface area contributed by atoms with Crippen LogP contribution in [-0.4, -0.2) is 59.0 Å². The molecule has 2 saturated carbocycles. The van der Waals surface area contributed by atoms with Crippen molar-refractivity contribution in [2.24, 2.45) is 11.8 Å². The molecule has 2 aliphatic carbocycles. The maximum atomic E-state index is 10.6. The quantitative estimate of drug-likeness (QED) is 0.821.